The van der Waals surface area contributed by atoms with Gasteiger partial charge in [-0.05, 0) is 43.7 Å². The lowest BCUT2D eigenvalue weighted by atomic mass is 10.2. The first-order chi connectivity index (χ1) is 15.5. The Hall–Kier alpha value is -2.34. The summed E-state index contributed by atoms with van der Waals surface area (Å²) in [6.07, 6.45) is 2.24. The average molecular weight is 488 g/mol. The topological polar surface area (TPSA) is 103 Å². The van der Waals surface area contributed by atoms with E-state index in [1.807, 2.05) is 17.5 Å². The number of aromatic nitrogens is 5. The van der Waals surface area contributed by atoms with Crippen molar-refractivity contribution < 1.29 is 9.53 Å². The molecule has 1 saturated heterocycles. The second kappa shape index (κ2) is 8.89. The number of hydrogen-bond acceptors (Lipinski definition) is 9. The average Bonchev–Trinajstić information content (AvgIpc) is 3.54. The monoisotopic (exact) mass is 487 g/mol. The maximum atomic E-state index is 12.7. The number of thioether (sulfide) groups is 1. The van der Waals surface area contributed by atoms with Crippen LogP contribution in [0.4, 0.5) is 0 Å². The highest BCUT2D eigenvalue weighted by molar-refractivity contribution is 7.98. The molecule has 0 radical (unpaired) electrons. The predicted octanol–water partition coefficient (Wildman–Crippen LogP) is 4.29. The van der Waals surface area contributed by atoms with Gasteiger partial charge in [0.1, 0.15) is 10.7 Å². The number of fused-ring (bicyclic) bond motifs is 1. The number of aromatic amines is 1. The molecular weight excluding hydrogens is 466 g/mol. The third-order valence-electron chi connectivity index (χ3n) is 5.38. The van der Waals surface area contributed by atoms with E-state index < -0.39 is 0 Å². The van der Waals surface area contributed by atoms with Gasteiger partial charge in [-0.25, -0.2) is 4.98 Å². The van der Waals surface area contributed by atoms with Crippen LogP contribution in [0.1, 0.15) is 40.8 Å². The van der Waals surface area contributed by atoms with E-state index in [-0.39, 0.29) is 17.4 Å². The Morgan fingerprint density at radius 3 is 3.00 bits per heavy atom. The molecule has 5 rings (SSSR count). The van der Waals surface area contributed by atoms with Crippen molar-refractivity contribution in [2.24, 2.45) is 0 Å². The fraction of sp³-hybridized carbons (Fsp3) is 0.381. The van der Waals surface area contributed by atoms with E-state index in [4.69, 9.17) is 4.74 Å². The van der Waals surface area contributed by atoms with Crippen LogP contribution in [-0.2, 0) is 17.0 Å². The first-order valence-corrected chi connectivity index (χ1v) is 12.9. The molecule has 0 aliphatic carbocycles. The van der Waals surface area contributed by atoms with Gasteiger partial charge >= 0.3 is 0 Å². The summed E-state index contributed by atoms with van der Waals surface area (Å²) in [5, 5.41) is 12.1. The predicted molar refractivity (Wildman–Crippen MR) is 127 cm³/mol. The Kier molecular flexibility index (Phi) is 5.97. The highest BCUT2D eigenvalue weighted by atomic mass is 32.2. The molecule has 0 saturated carbocycles. The Morgan fingerprint density at radius 2 is 2.28 bits per heavy atom. The smallest absolute Gasteiger partial charge is 0.259 e. The third kappa shape index (κ3) is 4.05. The summed E-state index contributed by atoms with van der Waals surface area (Å²) in [6, 6.07) is 4.04. The van der Waals surface area contributed by atoms with E-state index in [9.17, 15) is 9.59 Å². The SMILES string of the molecule is CC(=O)c1sc2nc(CSc3nnc(-c4cccs4)n3C[C@@H]3CCCO3)[nH]c(=O)c2c1C. The zero-order valence-electron chi connectivity index (χ0n) is 17.6. The summed E-state index contributed by atoms with van der Waals surface area (Å²) in [5.74, 6) is 1.76. The first kappa shape index (κ1) is 21.5. The van der Waals surface area contributed by atoms with E-state index >= 15 is 0 Å². The van der Waals surface area contributed by atoms with Crippen LogP contribution in [0.2, 0.25) is 0 Å². The second-order valence-corrected chi connectivity index (χ2v) is 10.5. The molecule has 0 amide bonds. The minimum Gasteiger partial charge on any atom is -0.376 e. The number of nitrogens with zero attached hydrogens (tertiary/aromatic N) is 4. The van der Waals surface area contributed by atoms with E-state index in [2.05, 4.69) is 24.7 Å². The van der Waals surface area contributed by atoms with Crippen LogP contribution in [0, 0.1) is 6.92 Å². The molecule has 1 atom stereocenters. The maximum absolute atomic E-state index is 12.7. The molecule has 1 N–H and O–H groups in total. The number of thiophene rings is 2. The second-order valence-electron chi connectivity index (χ2n) is 7.62. The van der Waals surface area contributed by atoms with Crippen LogP contribution in [0.3, 0.4) is 0 Å². The summed E-state index contributed by atoms with van der Waals surface area (Å²) in [5.41, 5.74) is 0.481. The number of carbonyl (C=O) groups is 1. The zero-order chi connectivity index (χ0) is 22.2. The van der Waals surface area contributed by atoms with E-state index in [0.29, 0.717) is 38.8 Å². The van der Waals surface area contributed by atoms with Gasteiger partial charge in [-0.1, -0.05) is 17.8 Å². The van der Waals surface area contributed by atoms with Gasteiger partial charge in [-0.15, -0.1) is 32.9 Å². The Morgan fingerprint density at radius 1 is 1.41 bits per heavy atom. The number of nitrogens with one attached hydrogen (secondary N) is 1. The van der Waals surface area contributed by atoms with Crippen molar-refractivity contribution >= 4 is 50.4 Å². The maximum Gasteiger partial charge on any atom is 0.259 e. The van der Waals surface area contributed by atoms with Gasteiger partial charge in [0.2, 0.25) is 0 Å². The lowest BCUT2D eigenvalue weighted by Gasteiger charge is -2.14. The van der Waals surface area contributed by atoms with Crippen molar-refractivity contribution in [2.75, 3.05) is 6.61 Å². The molecule has 32 heavy (non-hydrogen) atoms. The number of rotatable bonds is 7. The summed E-state index contributed by atoms with van der Waals surface area (Å²) in [6.45, 7) is 4.78. The summed E-state index contributed by atoms with van der Waals surface area (Å²) in [7, 11) is 0. The van der Waals surface area contributed by atoms with Gasteiger partial charge in [-0.2, -0.15) is 0 Å². The van der Waals surface area contributed by atoms with Crippen LogP contribution in [0.5, 0.6) is 0 Å². The number of aryl methyl sites for hydroxylation is 1. The largest absolute Gasteiger partial charge is 0.376 e. The number of Topliss-reactive ketones (excluding diaryl/α,β-unsaturated/α-hetero) is 1. The number of carbonyl (C=O) groups excluding carboxylic acids is 1. The summed E-state index contributed by atoms with van der Waals surface area (Å²) in [4.78, 5) is 34.2. The number of ketones is 1. The van der Waals surface area contributed by atoms with E-state index in [1.165, 1.54) is 30.0 Å². The molecular formula is C21H21N5O3S3. The number of H-pyrrole nitrogens is 1. The third-order valence-corrected chi connectivity index (χ3v) is 8.51. The molecule has 1 aliphatic rings. The quantitative estimate of drug-likeness (QED) is 0.306. The van der Waals surface area contributed by atoms with Gasteiger partial charge in [0, 0.05) is 6.61 Å². The lowest BCUT2D eigenvalue weighted by Crippen LogP contribution is -2.16. The van der Waals surface area contributed by atoms with Gasteiger partial charge in [0.15, 0.2) is 16.8 Å². The fourth-order valence-electron chi connectivity index (χ4n) is 3.87. The van der Waals surface area contributed by atoms with Crippen molar-refractivity contribution in [3.05, 3.63) is 44.1 Å². The molecule has 1 fully saturated rings. The molecule has 0 spiro atoms. The van der Waals surface area contributed by atoms with E-state index in [1.54, 1.807) is 18.3 Å². The van der Waals surface area contributed by atoms with Crippen LogP contribution < -0.4 is 5.56 Å². The molecule has 5 heterocycles. The highest BCUT2D eigenvalue weighted by Gasteiger charge is 2.23. The van der Waals surface area contributed by atoms with Crippen LogP contribution in [-0.4, -0.2) is 43.2 Å². The van der Waals surface area contributed by atoms with Gasteiger partial charge in [0.05, 0.1) is 33.5 Å². The molecule has 4 aromatic heterocycles. The molecule has 4 aromatic rings. The Balaban J connectivity index is 1.43. The van der Waals surface area contributed by atoms with Crippen molar-refractivity contribution in [2.45, 2.75) is 50.2 Å². The zero-order valence-corrected chi connectivity index (χ0v) is 20.0. The summed E-state index contributed by atoms with van der Waals surface area (Å²) >= 11 is 4.38. The summed E-state index contributed by atoms with van der Waals surface area (Å²) < 4.78 is 7.95. The van der Waals surface area contributed by atoms with Crippen molar-refractivity contribution in [3.63, 3.8) is 0 Å². The molecule has 0 unspecified atom stereocenters. The van der Waals surface area contributed by atoms with E-state index in [0.717, 1.165) is 35.3 Å². The van der Waals surface area contributed by atoms with Gasteiger partial charge in [0.25, 0.3) is 5.56 Å². The highest BCUT2D eigenvalue weighted by Crippen LogP contribution is 2.31. The Labute approximate surface area is 196 Å². The van der Waals surface area contributed by atoms with Crippen molar-refractivity contribution in [3.8, 4) is 10.7 Å². The van der Waals surface area contributed by atoms with Gasteiger partial charge in [-0.3, -0.25) is 14.2 Å². The molecule has 166 valence electrons. The first-order valence-electron chi connectivity index (χ1n) is 10.3. The van der Waals surface area contributed by atoms with Crippen LogP contribution in [0.25, 0.3) is 20.9 Å². The van der Waals surface area contributed by atoms with Crippen LogP contribution in [0.15, 0.2) is 27.5 Å². The van der Waals surface area contributed by atoms with Gasteiger partial charge < -0.3 is 9.72 Å². The minimum absolute atomic E-state index is 0.0517. The lowest BCUT2D eigenvalue weighted by molar-refractivity contribution is 0.0953. The number of ether oxygens (including phenoxy) is 1. The molecule has 11 heteroatoms. The molecule has 0 aromatic carbocycles. The fourth-order valence-corrected chi connectivity index (χ4v) is 6.50. The molecule has 8 nitrogen and oxygen atoms in total. The standard InChI is InChI=1S/C21H21N5O3S3/c1-11-16-19(28)22-15(23-20(16)32-17(11)12(2)27)10-31-21-25-24-18(14-6-4-8-30-14)26(21)9-13-5-3-7-29-13/h4,6,8,13H,3,5,7,9-10H2,1-2H3,(H,22,23,28)/t13-/m0/s1. The minimum atomic E-state index is -0.216. The van der Waals surface area contributed by atoms with Crippen LogP contribution >= 0.6 is 34.4 Å². The van der Waals surface area contributed by atoms with Crippen molar-refractivity contribution in [1.82, 2.24) is 24.7 Å². The number of hydrogen-bond donors (Lipinski definition) is 1. The molecule has 0 bridgehead atoms. The van der Waals surface area contributed by atoms with Crippen molar-refractivity contribution in [1.29, 1.82) is 0 Å². The Bertz CT molecular complexity index is 1330. The normalized spacial score (nSPS) is 16.2. The molecule has 1 aliphatic heterocycles.